The minimum absolute atomic E-state index is 0.0863. The first kappa shape index (κ1) is 16.0. The van der Waals surface area contributed by atoms with Crippen LogP contribution in [0.4, 0.5) is 0 Å². The van der Waals surface area contributed by atoms with Gasteiger partial charge in [-0.05, 0) is 26.3 Å². The molecule has 1 N–H and O–H groups in total. The smallest absolute Gasteiger partial charge is 0.240 e. The fraction of sp³-hybridized carbons (Fsp3) is 0.733. The maximum Gasteiger partial charge on any atom is 0.240 e. The Morgan fingerprint density at radius 1 is 1.43 bits per heavy atom. The van der Waals surface area contributed by atoms with Crippen LogP contribution in [0, 0.1) is 5.92 Å². The third-order valence-corrected chi connectivity index (χ3v) is 3.76. The molecule has 0 aliphatic carbocycles. The Labute approximate surface area is 126 Å². The quantitative estimate of drug-likeness (QED) is 0.829. The molecular formula is C15H25N3O3. The molecule has 6 nitrogen and oxygen atoms in total. The number of ether oxygens (including phenoxy) is 3. The van der Waals surface area contributed by atoms with Crippen molar-refractivity contribution in [2.24, 2.45) is 5.92 Å². The molecule has 21 heavy (non-hydrogen) atoms. The van der Waals surface area contributed by atoms with Gasteiger partial charge < -0.3 is 19.5 Å². The minimum atomic E-state index is 0.0863. The van der Waals surface area contributed by atoms with Gasteiger partial charge in [-0.15, -0.1) is 0 Å². The summed E-state index contributed by atoms with van der Waals surface area (Å²) in [7, 11) is 3.18. The van der Waals surface area contributed by atoms with Crippen molar-refractivity contribution >= 4 is 0 Å². The molecule has 3 atom stereocenters. The van der Waals surface area contributed by atoms with E-state index in [9.17, 15) is 0 Å². The predicted octanol–water partition coefficient (Wildman–Crippen LogP) is 1.96. The Bertz CT molecular complexity index is 456. The summed E-state index contributed by atoms with van der Waals surface area (Å²) in [4.78, 5) is 8.85. The van der Waals surface area contributed by atoms with Crippen LogP contribution in [-0.4, -0.2) is 43.4 Å². The van der Waals surface area contributed by atoms with Crippen LogP contribution in [-0.2, 0) is 4.74 Å². The number of hydrogen-bond acceptors (Lipinski definition) is 6. The zero-order valence-electron chi connectivity index (χ0n) is 13.3. The lowest BCUT2D eigenvalue weighted by Gasteiger charge is -2.24. The van der Waals surface area contributed by atoms with Crippen LogP contribution in [0.25, 0.3) is 0 Å². The highest BCUT2D eigenvalue weighted by Gasteiger charge is 2.33. The molecule has 1 aromatic rings. The second-order valence-electron chi connectivity index (χ2n) is 5.38. The SMILES string of the molecule is CCCNC(c1ncc(OC)nc1OC)C1COC(C)C1. The summed E-state index contributed by atoms with van der Waals surface area (Å²) >= 11 is 0. The second kappa shape index (κ2) is 7.56. The molecule has 6 heteroatoms. The maximum absolute atomic E-state index is 5.71. The van der Waals surface area contributed by atoms with E-state index in [1.807, 2.05) is 0 Å². The molecule has 1 aliphatic heterocycles. The molecule has 0 bridgehead atoms. The fourth-order valence-electron chi connectivity index (χ4n) is 2.70. The van der Waals surface area contributed by atoms with Crippen LogP contribution in [0.5, 0.6) is 11.8 Å². The molecule has 0 aromatic carbocycles. The van der Waals surface area contributed by atoms with E-state index < -0.39 is 0 Å². The van der Waals surface area contributed by atoms with Gasteiger partial charge in [0.2, 0.25) is 11.8 Å². The average Bonchev–Trinajstić information content (AvgIpc) is 2.94. The number of aromatic nitrogens is 2. The molecule has 2 heterocycles. The van der Waals surface area contributed by atoms with E-state index in [-0.39, 0.29) is 12.1 Å². The van der Waals surface area contributed by atoms with Gasteiger partial charge in [-0.2, -0.15) is 4.98 Å². The van der Waals surface area contributed by atoms with Gasteiger partial charge in [-0.3, -0.25) is 0 Å². The lowest BCUT2D eigenvalue weighted by molar-refractivity contribution is 0.116. The fourth-order valence-corrected chi connectivity index (χ4v) is 2.70. The van der Waals surface area contributed by atoms with Gasteiger partial charge in [-0.1, -0.05) is 6.92 Å². The van der Waals surface area contributed by atoms with Crippen molar-refractivity contribution < 1.29 is 14.2 Å². The molecule has 0 radical (unpaired) electrons. The molecule has 2 rings (SSSR count). The summed E-state index contributed by atoms with van der Waals surface area (Å²) in [6.07, 6.45) is 4.00. The van der Waals surface area contributed by atoms with Crippen molar-refractivity contribution in [3.05, 3.63) is 11.9 Å². The molecule has 118 valence electrons. The summed E-state index contributed by atoms with van der Waals surface area (Å²) in [5, 5.41) is 3.56. The Morgan fingerprint density at radius 2 is 2.24 bits per heavy atom. The highest BCUT2D eigenvalue weighted by Crippen LogP contribution is 2.34. The van der Waals surface area contributed by atoms with Crippen LogP contribution in [0.1, 0.15) is 38.4 Å². The second-order valence-corrected chi connectivity index (χ2v) is 5.38. The average molecular weight is 295 g/mol. The Hall–Kier alpha value is -1.40. The van der Waals surface area contributed by atoms with E-state index >= 15 is 0 Å². The van der Waals surface area contributed by atoms with Crippen LogP contribution in [0.3, 0.4) is 0 Å². The zero-order chi connectivity index (χ0) is 15.2. The third kappa shape index (κ3) is 3.83. The first-order valence-electron chi connectivity index (χ1n) is 7.49. The molecule has 0 amide bonds. The molecule has 1 saturated heterocycles. The van der Waals surface area contributed by atoms with Crippen molar-refractivity contribution in [2.45, 2.75) is 38.8 Å². The molecule has 0 saturated carbocycles. The molecular weight excluding hydrogens is 270 g/mol. The highest BCUT2D eigenvalue weighted by molar-refractivity contribution is 5.26. The van der Waals surface area contributed by atoms with Crippen molar-refractivity contribution in [3.63, 3.8) is 0 Å². The summed E-state index contributed by atoms with van der Waals surface area (Å²) in [5.41, 5.74) is 0.828. The van der Waals surface area contributed by atoms with E-state index in [4.69, 9.17) is 14.2 Å². The summed E-state index contributed by atoms with van der Waals surface area (Å²) in [5.74, 6) is 1.35. The van der Waals surface area contributed by atoms with E-state index in [1.165, 1.54) is 0 Å². The lowest BCUT2D eigenvalue weighted by Crippen LogP contribution is -2.31. The Morgan fingerprint density at radius 3 is 2.81 bits per heavy atom. The van der Waals surface area contributed by atoms with E-state index in [2.05, 4.69) is 29.1 Å². The summed E-state index contributed by atoms with van der Waals surface area (Å²) in [6.45, 7) is 5.91. The van der Waals surface area contributed by atoms with Gasteiger partial charge in [-0.25, -0.2) is 4.98 Å². The Kier molecular flexibility index (Phi) is 5.76. The summed E-state index contributed by atoms with van der Waals surface area (Å²) < 4.78 is 16.2. The zero-order valence-corrected chi connectivity index (χ0v) is 13.3. The standard InChI is InChI=1S/C15H25N3O3/c1-5-6-16-13(11-7-10(2)21-9-11)14-15(20-4)18-12(19-3)8-17-14/h8,10-11,13,16H,5-7,9H2,1-4H3. The highest BCUT2D eigenvalue weighted by atomic mass is 16.5. The Balaban J connectivity index is 2.26. The van der Waals surface area contributed by atoms with E-state index in [1.54, 1.807) is 20.4 Å². The largest absolute Gasteiger partial charge is 0.480 e. The molecule has 1 aliphatic rings. The van der Waals surface area contributed by atoms with Gasteiger partial charge in [0.25, 0.3) is 0 Å². The van der Waals surface area contributed by atoms with Crippen molar-refractivity contribution in [1.29, 1.82) is 0 Å². The number of methoxy groups -OCH3 is 2. The van der Waals surface area contributed by atoms with Gasteiger partial charge in [0, 0.05) is 5.92 Å². The van der Waals surface area contributed by atoms with Crippen LogP contribution >= 0.6 is 0 Å². The topological polar surface area (TPSA) is 65.5 Å². The summed E-state index contributed by atoms with van der Waals surface area (Å²) in [6, 6.07) is 0.0863. The van der Waals surface area contributed by atoms with Crippen LogP contribution in [0.2, 0.25) is 0 Å². The minimum Gasteiger partial charge on any atom is -0.480 e. The first-order valence-corrected chi connectivity index (χ1v) is 7.49. The van der Waals surface area contributed by atoms with E-state index in [0.717, 1.165) is 31.7 Å². The van der Waals surface area contributed by atoms with Crippen molar-refractivity contribution in [3.8, 4) is 11.8 Å². The van der Waals surface area contributed by atoms with Gasteiger partial charge >= 0.3 is 0 Å². The number of hydrogen-bond donors (Lipinski definition) is 1. The number of nitrogens with one attached hydrogen (secondary N) is 1. The lowest BCUT2D eigenvalue weighted by atomic mass is 9.94. The number of nitrogens with zero attached hydrogens (tertiary/aromatic N) is 2. The van der Waals surface area contributed by atoms with Gasteiger partial charge in [0.05, 0.1) is 39.2 Å². The third-order valence-electron chi connectivity index (χ3n) is 3.76. The van der Waals surface area contributed by atoms with Crippen LogP contribution < -0.4 is 14.8 Å². The molecule has 1 fully saturated rings. The molecule has 3 unspecified atom stereocenters. The van der Waals surface area contributed by atoms with Gasteiger partial charge in [0.15, 0.2) is 0 Å². The maximum atomic E-state index is 5.71. The van der Waals surface area contributed by atoms with E-state index in [0.29, 0.717) is 17.7 Å². The van der Waals surface area contributed by atoms with Crippen molar-refractivity contribution in [1.82, 2.24) is 15.3 Å². The number of rotatable bonds is 7. The van der Waals surface area contributed by atoms with Crippen LogP contribution in [0.15, 0.2) is 6.20 Å². The molecule has 0 spiro atoms. The van der Waals surface area contributed by atoms with Gasteiger partial charge in [0.1, 0.15) is 5.69 Å². The normalized spacial score (nSPS) is 23.0. The monoisotopic (exact) mass is 295 g/mol. The molecule has 1 aromatic heterocycles. The first-order chi connectivity index (χ1) is 10.2. The van der Waals surface area contributed by atoms with Crippen molar-refractivity contribution in [2.75, 3.05) is 27.4 Å². The predicted molar refractivity (Wildman–Crippen MR) is 79.7 cm³/mol.